The van der Waals surface area contributed by atoms with Gasteiger partial charge in [0.25, 0.3) is 5.91 Å². The maximum Gasteiger partial charge on any atom is 0.355 e. The van der Waals surface area contributed by atoms with Crippen LogP contribution in [0.25, 0.3) is 0 Å². The van der Waals surface area contributed by atoms with Crippen LogP contribution in [-0.2, 0) is 0 Å². The van der Waals surface area contributed by atoms with Gasteiger partial charge in [-0.1, -0.05) is 15.9 Å². The Morgan fingerprint density at radius 2 is 1.82 bits per heavy atom. The number of nitrogens with one attached hydrogen (secondary N) is 3. The highest BCUT2D eigenvalue weighted by Crippen LogP contribution is 2.30. The molecule has 3 rings (SSSR count). The molecule has 0 spiro atoms. The van der Waals surface area contributed by atoms with E-state index in [4.69, 9.17) is 0 Å². The average Bonchev–Trinajstić information content (AvgIpc) is 2.66. The van der Waals surface area contributed by atoms with Crippen molar-refractivity contribution in [2.24, 2.45) is 0 Å². The lowest BCUT2D eigenvalue weighted by molar-refractivity contribution is -0.383. The number of benzene rings is 1. The van der Waals surface area contributed by atoms with Gasteiger partial charge >= 0.3 is 5.69 Å². The molecule has 0 saturated carbocycles. The van der Waals surface area contributed by atoms with Gasteiger partial charge in [-0.25, -0.2) is 15.0 Å². The van der Waals surface area contributed by atoms with Gasteiger partial charge < -0.3 is 5.32 Å². The molecule has 0 aliphatic heterocycles. The number of rotatable bonds is 6. The lowest BCUT2D eigenvalue weighted by Gasteiger charge is -2.11. The molecule has 11 heteroatoms. The van der Waals surface area contributed by atoms with Crippen LogP contribution in [0.4, 0.5) is 23.1 Å². The van der Waals surface area contributed by atoms with Crippen LogP contribution in [0.15, 0.2) is 53.4 Å². The van der Waals surface area contributed by atoms with E-state index < -0.39 is 16.5 Å². The Labute approximate surface area is 167 Å². The number of aromatic nitrogens is 3. The Bertz CT molecular complexity index is 1030. The summed E-state index contributed by atoms with van der Waals surface area (Å²) in [5, 5.41) is 14.4. The normalized spacial score (nSPS) is 10.2. The highest BCUT2D eigenvalue weighted by molar-refractivity contribution is 9.10. The summed E-state index contributed by atoms with van der Waals surface area (Å²) in [5.74, 6) is -0.305. The topological polar surface area (TPSA) is 135 Å². The minimum absolute atomic E-state index is 0.0570. The van der Waals surface area contributed by atoms with Crippen LogP contribution < -0.4 is 16.2 Å². The van der Waals surface area contributed by atoms with E-state index in [-0.39, 0.29) is 11.6 Å². The van der Waals surface area contributed by atoms with Crippen LogP contribution in [-0.4, -0.2) is 25.8 Å². The molecular weight excluding hydrogens is 430 g/mol. The van der Waals surface area contributed by atoms with Gasteiger partial charge in [-0.15, -0.1) is 0 Å². The van der Waals surface area contributed by atoms with Crippen LogP contribution in [0, 0.1) is 17.0 Å². The minimum atomic E-state index is -0.647. The molecule has 0 radical (unpaired) electrons. The number of nitro groups is 1. The number of carbonyl (C=O) groups is 1. The van der Waals surface area contributed by atoms with Gasteiger partial charge in [-0.3, -0.25) is 25.8 Å². The summed E-state index contributed by atoms with van der Waals surface area (Å²) in [4.78, 5) is 35.0. The van der Waals surface area contributed by atoms with Crippen molar-refractivity contribution in [3.8, 4) is 0 Å². The predicted molar refractivity (Wildman–Crippen MR) is 106 cm³/mol. The number of carbonyl (C=O) groups excluding carboxylic acids is 1. The quantitative estimate of drug-likeness (QED) is 0.389. The van der Waals surface area contributed by atoms with Crippen LogP contribution in [0.2, 0.25) is 0 Å². The zero-order valence-corrected chi connectivity index (χ0v) is 16.1. The highest BCUT2D eigenvalue weighted by atomic mass is 79.9. The van der Waals surface area contributed by atoms with Crippen LogP contribution in [0.3, 0.4) is 0 Å². The van der Waals surface area contributed by atoms with Crippen molar-refractivity contribution in [1.82, 2.24) is 20.4 Å². The van der Waals surface area contributed by atoms with Crippen LogP contribution in [0.5, 0.6) is 0 Å². The Hall–Kier alpha value is -3.60. The molecule has 0 atom stereocenters. The molecule has 2 aromatic heterocycles. The third-order valence-electron chi connectivity index (χ3n) is 3.57. The summed E-state index contributed by atoms with van der Waals surface area (Å²) in [6.07, 6.45) is 2.71. The summed E-state index contributed by atoms with van der Waals surface area (Å²) in [5.41, 5.74) is 5.74. The Morgan fingerprint density at radius 3 is 2.50 bits per heavy atom. The summed E-state index contributed by atoms with van der Waals surface area (Å²) in [7, 11) is 0. The van der Waals surface area contributed by atoms with Crippen molar-refractivity contribution in [3.05, 3.63) is 74.6 Å². The molecule has 0 aliphatic carbocycles. The Kier molecular flexibility index (Phi) is 5.75. The van der Waals surface area contributed by atoms with Crippen molar-refractivity contribution in [1.29, 1.82) is 0 Å². The highest BCUT2D eigenvalue weighted by Gasteiger charge is 2.24. The maximum absolute atomic E-state index is 12.2. The third-order valence-corrected chi connectivity index (χ3v) is 4.10. The lowest BCUT2D eigenvalue weighted by Crippen LogP contribution is -2.30. The first kappa shape index (κ1) is 19.2. The predicted octanol–water partition coefficient (Wildman–Crippen LogP) is 3.35. The van der Waals surface area contributed by atoms with Crippen molar-refractivity contribution in [3.63, 3.8) is 0 Å². The molecule has 142 valence electrons. The summed E-state index contributed by atoms with van der Waals surface area (Å²) >= 11 is 3.28. The fourth-order valence-corrected chi connectivity index (χ4v) is 2.51. The summed E-state index contributed by atoms with van der Waals surface area (Å²) in [6.45, 7) is 1.87. The molecule has 1 amide bonds. The number of amides is 1. The van der Waals surface area contributed by atoms with E-state index in [0.29, 0.717) is 11.4 Å². The van der Waals surface area contributed by atoms with Gasteiger partial charge in [0.2, 0.25) is 11.6 Å². The summed E-state index contributed by atoms with van der Waals surface area (Å²) < 4.78 is 0.823. The molecule has 0 bridgehead atoms. The number of anilines is 3. The first-order valence-corrected chi connectivity index (χ1v) is 8.74. The number of halogens is 1. The van der Waals surface area contributed by atoms with Crippen LogP contribution in [0.1, 0.15) is 15.9 Å². The zero-order valence-electron chi connectivity index (χ0n) is 14.5. The fraction of sp³-hybridized carbons (Fsp3) is 0.0588. The molecule has 10 nitrogen and oxygen atoms in total. The van der Waals surface area contributed by atoms with E-state index in [1.807, 2.05) is 6.92 Å². The third kappa shape index (κ3) is 4.57. The molecule has 0 saturated heterocycles. The zero-order chi connectivity index (χ0) is 20.1. The number of hydrogen-bond donors (Lipinski definition) is 3. The second kappa shape index (κ2) is 8.39. The molecule has 0 aliphatic rings. The number of hydrogen-bond acceptors (Lipinski definition) is 8. The van der Waals surface area contributed by atoms with Gasteiger partial charge in [0.15, 0.2) is 0 Å². The number of hydrazine groups is 1. The van der Waals surface area contributed by atoms with E-state index in [2.05, 4.69) is 47.1 Å². The monoisotopic (exact) mass is 443 g/mol. The second-order valence-electron chi connectivity index (χ2n) is 5.61. The average molecular weight is 444 g/mol. The van der Waals surface area contributed by atoms with E-state index >= 15 is 0 Å². The number of aryl methyl sites for hydroxylation is 1. The molecule has 28 heavy (non-hydrogen) atoms. The van der Waals surface area contributed by atoms with E-state index in [0.717, 1.165) is 16.4 Å². The van der Waals surface area contributed by atoms with Gasteiger partial charge in [0.05, 0.1) is 4.92 Å². The maximum atomic E-state index is 12.2. The molecule has 1 aromatic carbocycles. The standard InChI is InChI=1S/C17H14BrN7O3/c1-10-6-7-19-13(8-10)22-15-14(25(27)28)16(21-9-20-15)23-24-17(26)11-2-4-12(18)5-3-11/h2-9H,1H3,(H,24,26)(H2,19,20,21,22,23). The first-order valence-electron chi connectivity index (χ1n) is 7.95. The number of nitrogens with zero attached hydrogens (tertiary/aromatic N) is 4. The molecule has 0 fully saturated rings. The second-order valence-corrected chi connectivity index (χ2v) is 6.52. The summed E-state index contributed by atoms with van der Waals surface area (Å²) in [6, 6.07) is 10.1. The molecule has 0 unspecified atom stereocenters. The molecule has 3 aromatic rings. The first-order chi connectivity index (χ1) is 13.4. The van der Waals surface area contributed by atoms with E-state index in [1.165, 1.54) is 0 Å². The number of pyridine rings is 1. The van der Waals surface area contributed by atoms with Gasteiger partial charge in [0.1, 0.15) is 12.1 Å². The van der Waals surface area contributed by atoms with Crippen LogP contribution >= 0.6 is 15.9 Å². The Balaban J connectivity index is 1.82. The van der Waals surface area contributed by atoms with Gasteiger partial charge in [-0.05, 0) is 48.9 Å². The molecule has 3 N–H and O–H groups in total. The van der Waals surface area contributed by atoms with Gasteiger partial charge in [-0.2, -0.15) is 0 Å². The minimum Gasteiger partial charge on any atom is -0.319 e. The lowest BCUT2D eigenvalue weighted by atomic mass is 10.2. The fourth-order valence-electron chi connectivity index (χ4n) is 2.25. The molecular formula is C17H14BrN7O3. The smallest absolute Gasteiger partial charge is 0.319 e. The van der Waals surface area contributed by atoms with Crippen molar-refractivity contribution < 1.29 is 9.72 Å². The Morgan fingerprint density at radius 1 is 1.11 bits per heavy atom. The largest absolute Gasteiger partial charge is 0.355 e. The van der Waals surface area contributed by atoms with Crippen molar-refractivity contribution in [2.45, 2.75) is 6.92 Å². The SMILES string of the molecule is Cc1ccnc(Nc2ncnc(NNC(=O)c3ccc(Br)cc3)c2[N+](=O)[O-])c1. The van der Waals surface area contributed by atoms with Gasteiger partial charge in [0, 0.05) is 16.2 Å². The van der Waals surface area contributed by atoms with E-state index in [1.54, 1.807) is 42.6 Å². The van der Waals surface area contributed by atoms with Crippen molar-refractivity contribution >= 4 is 45.0 Å². The van der Waals surface area contributed by atoms with E-state index in [9.17, 15) is 14.9 Å². The van der Waals surface area contributed by atoms with Crippen molar-refractivity contribution in [2.75, 3.05) is 10.7 Å². The molecule has 2 heterocycles.